The van der Waals surface area contributed by atoms with E-state index in [9.17, 15) is 4.79 Å². The highest BCUT2D eigenvalue weighted by Gasteiger charge is 2.28. The lowest BCUT2D eigenvalue weighted by molar-refractivity contribution is -0.121. The fraction of sp³-hybridized carbons (Fsp3) is 0.211. The molecule has 0 radical (unpaired) electrons. The van der Waals surface area contributed by atoms with E-state index < -0.39 is 0 Å². The maximum absolute atomic E-state index is 11.5. The van der Waals surface area contributed by atoms with Gasteiger partial charge in [-0.25, -0.2) is 9.97 Å². The van der Waals surface area contributed by atoms with Crippen LogP contribution < -0.4 is 10.6 Å². The fourth-order valence-electron chi connectivity index (χ4n) is 3.20. The molecule has 1 atom stereocenters. The minimum absolute atomic E-state index is 0.112. The lowest BCUT2D eigenvalue weighted by Gasteiger charge is -2.20. The zero-order valence-corrected chi connectivity index (χ0v) is 13.2. The number of para-hydroxylation sites is 1. The molecule has 1 aliphatic heterocycles. The number of rotatable bonds is 3. The zero-order valence-electron chi connectivity index (χ0n) is 13.2. The van der Waals surface area contributed by atoms with Gasteiger partial charge in [0.05, 0.1) is 11.4 Å². The van der Waals surface area contributed by atoms with E-state index >= 15 is 0 Å². The van der Waals surface area contributed by atoms with E-state index in [4.69, 9.17) is 15.7 Å². The lowest BCUT2D eigenvalue weighted by Crippen LogP contribution is -2.28. The SMILES string of the molecule is NC(=O)[C@H]1CCN(c2nc(-c3ccccc3)nc3ccccc23)C1. The summed E-state index contributed by atoms with van der Waals surface area (Å²) >= 11 is 0. The van der Waals surface area contributed by atoms with Gasteiger partial charge in [-0.05, 0) is 18.6 Å². The van der Waals surface area contributed by atoms with Crippen LogP contribution in [-0.2, 0) is 4.79 Å². The van der Waals surface area contributed by atoms with Gasteiger partial charge < -0.3 is 10.6 Å². The van der Waals surface area contributed by atoms with Crippen molar-refractivity contribution in [3.05, 3.63) is 54.6 Å². The lowest BCUT2D eigenvalue weighted by atomic mass is 10.1. The molecular formula is C19H18N4O. The van der Waals surface area contributed by atoms with E-state index in [-0.39, 0.29) is 11.8 Å². The first-order valence-electron chi connectivity index (χ1n) is 8.09. The van der Waals surface area contributed by atoms with Crippen LogP contribution in [0.15, 0.2) is 54.6 Å². The fourth-order valence-corrected chi connectivity index (χ4v) is 3.20. The van der Waals surface area contributed by atoms with Gasteiger partial charge in [-0.2, -0.15) is 0 Å². The Balaban J connectivity index is 1.83. The van der Waals surface area contributed by atoms with Gasteiger partial charge in [-0.15, -0.1) is 0 Å². The Labute approximate surface area is 140 Å². The van der Waals surface area contributed by atoms with Crippen LogP contribution in [-0.4, -0.2) is 29.0 Å². The van der Waals surface area contributed by atoms with Gasteiger partial charge in [-0.1, -0.05) is 42.5 Å². The Morgan fingerprint density at radius 2 is 1.79 bits per heavy atom. The average Bonchev–Trinajstić information content (AvgIpc) is 3.12. The minimum atomic E-state index is -0.237. The van der Waals surface area contributed by atoms with Crippen LogP contribution in [0.4, 0.5) is 5.82 Å². The number of hydrogen-bond donors (Lipinski definition) is 1. The van der Waals surface area contributed by atoms with Crippen molar-refractivity contribution < 1.29 is 4.79 Å². The first kappa shape index (κ1) is 14.6. The van der Waals surface area contributed by atoms with Crippen molar-refractivity contribution in [2.45, 2.75) is 6.42 Å². The molecular weight excluding hydrogens is 300 g/mol. The van der Waals surface area contributed by atoms with E-state index in [1.165, 1.54) is 0 Å². The summed E-state index contributed by atoms with van der Waals surface area (Å²) in [6.07, 6.45) is 0.772. The number of aromatic nitrogens is 2. The molecule has 0 aliphatic carbocycles. The zero-order chi connectivity index (χ0) is 16.5. The Kier molecular flexibility index (Phi) is 3.61. The van der Waals surface area contributed by atoms with Gasteiger partial charge in [0, 0.05) is 24.0 Å². The molecule has 120 valence electrons. The number of nitrogens with two attached hydrogens (primary N) is 1. The molecule has 2 N–H and O–H groups in total. The molecule has 1 aromatic heterocycles. The van der Waals surface area contributed by atoms with Crippen molar-refractivity contribution in [3.63, 3.8) is 0 Å². The van der Waals surface area contributed by atoms with Crippen LogP contribution in [0.1, 0.15) is 6.42 Å². The first-order chi connectivity index (χ1) is 11.7. The number of amides is 1. The monoisotopic (exact) mass is 318 g/mol. The van der Waals surface area contributed by atoms with Crippen LogP contribution in [0.3, 0.4) is 0 Å². The van der Waals surface area contributed by atoms with Crippen molar-refractivity contribution in [2.75, 3.05) is 18.0 Å². The number of fused-ring (bicyclic) bond motifs is 1. The van der Waals surface area contributed by atoms with Gasteiger partial charge in [0.25, 0.3) is 0 Å². The minimum Gasteiger partial charge on any atom is -0.369 e. The van der Waals surface area contributed by atoms with E-state index in [0.29, 0.717) is 12.4 Å². The molecule has 2 aromatic carbocycles. The maximum Gasteiger partial charge on any atom is 0.222 e. The molecule has 1 aliphatic rings. The molecule has 5 heteroatoms. The molecule has 0 saturated carbocycles. The normalized spacial score (nSPS) is 17.3. The molecule has 5 nitrogen and oxygen atoms in total. The highest BCUT2D eigenvalue weighted by molar-refractivity contribution is 5.91. The van der Waals surface area contributed by atoms with Crippen molar-refractivity contribution in [1.82, 2.24) is 9.97 Å². The van der Waals surface area contributed by atoms with Crippen molar-refractivity contribution >= 4 is 22.6 Å². The predicted octanol–water partition coefficient (Wildman–Crippen LogP) is 2.61. The van der Waals surface area contributed by atoms with Gasteiger partial charge in [0.15, 0.2) is 5.82 Å². The largest absolute Gasteiger partial charge is 0.369 e. The number of hydrogen-bond acceptors (Lipinski definition) is 4. The third-order valence-electron chi connectivity index (χ3n) is 4.51. The average molecular weight is 318 g/mol. The first-order valence-corrected chi connectivity index (χ1v) is 8.09. The second-order valence-corrected chi connectivity index (χ2v) is 6.09. The number of nitrogens with zero attached hydrogens (tertiary/aromatic N) is 3. The Morgan fingerprint density at radius 3 is 2.54 bits per heavy atom. The third-order valence-corrected chi connectivity index (χ3v) is 4.51. The molecule has 24 heavy (non-hydrogen) atoms. The van der Waals surface area contributed by atoms with E-state index in [0.717, 1.165) is 35.2 Å². The molecule has 3 aromatic rings. The summed E-state index contributed by atoms with van der Waals surface area (Å²) in [5, 5.41) is 1.00. The van der Waals surface area contributed by atoms with Gasteiger partial charge >= 0.3 is 0 Å². The second kappa shape index (κ2) is 5.92. The molecule has 0 unspecified atom stereocenters. The van der Waals surface area contributed by atoms with Crippen molar-refractivity contribution in [2.24, 2.45) is 11.7 Å². The quantitative estimate of drug-likeness (QED) is 0.806. The molecule has 1 saturated heterocycles. The van der Waals surface area contributed by atoms with Crippen LogP contribution in [0.2, 0.25) is 0 Å². The maximum atomic E-state index is 11.5. The van der Waals surface area contributed by atoms with Crippen molar-refractivity contribution in [3.8, 4) is 11.4 Å². The van der Waals surface area contributed by atoms with E-state index in [2.05, 4.69) is 4.90 Å². The van der Waals surface area contributed by atoms with Gasteiger partial charge in [-0.3, -0.25) is 4.79 Å². The predicted molar refractivity (Wildman–Crippen MR) is 94.5 cm³/mol. The summed E-state index contributed by atoms with van der Waals surface area (Å²) < 4.78 is 0. The van der Waals surface area contributed by atoms with Gasteiger partial charge in [0.2, 0.25) is 5.91 Å². The van der Waals surface area contributed by atoms with E-state index in [1.54, 1.807) is 0 Å². The number of primary amides is 1. The number of carbonyl (C=O) groups is 1. The highest BCUT2D eigenvalue weighted by Crippen LogP contribution is 2.30. The molecule has 0 spiro atoms. The smallest absolute Gasteiger partial charge is 0.222 e. The Morgan fingerprint density at radius 1 is 1.04 bits per heavy atom. The summed E-state index contributed by atoms with van der Waals surface area (Å²) in [7, 11) is 0. The van der Waals surface area contributed by atoms with Crippen LogP contribution in [0, 0.1) is 5.92 Å². The summed E-state index contributed by atoms with van der Waals surface area (Å²) in [6, 6.07) is 17.9. The molecule has 2 heterocycles. The van der Waals surface area contributed by atoms with Crippen LogP contribution in [0.25, 0.3) is 22.3 Å². The van der Waals surface area contributed by atoms with Crippen LogP contribution >= 0.6 is 0 Å². The highest BCUT2D eigenvalue weighted by atomic mass is 16.1. The second-order valence-electron chi connectivity index (χ2n) is 6.09. The summed E-state index contributed by atoms with van der Waals surface area (Å²) in [6.45, 7) is 1.40. The topological polar surface area (TPSA) is 72.1 Å². The number of benzene rings is 2. The van der Waals surface area contributed by atoms with Gasteiger partial charge in [0.1, 0.15) is 5.82 Å². The number of carbonyl (C=O) groups excluding carboxylic acids is 1. The van der Waals surface area contributed by atoms with E-state index in [1.807, 2.05) is 54.6 Å². The standard InChI is InChI=1S/C19H18N4O/c20-17(24)14-10-11-23(12-14)19-15-8-4-5-9-16(15)21-18(22-19)13-6-2-1-3-7-13/h1-9,14H,10-12H2,(H2,20,24)/t14-/m0/s1. The molecule has 1 fully saturated rings. The summed E-state index contributed by atoms with van der Waals surface area (Å²) in [5.74, 6) is 1.23. The summed E-state index contributed by atoms with van der Waals surface area (Å²) in [4.78, 5) is 23.1. The molecule has 0 bridgehead atoms. The molecule has 1 amide bonds. The van der Waals surface area contributed by atoms with Crippen molar-refractivity contribution in [1.29, 1.82) is 0 Å². The van der Waals surface area contributed by atoms with Crippen LogP contribution in [0.5, 0.6) is 0 Å². The Hall–Kier alpha value is -2.95. The Bertz CT molecular complexity index is 894. The summed E-state index contributed by atoms with van der Waals surface area (Å²) in [5.41, 5.74) is 7.36. The molecule has 4 rings (SSSR count). The third kappa shape index (κ3) is 2.58. The number of anilines is 1.